The summed E-state index contributed by atoms with van der Waals surface area (Å²) in [6, 6.07) is 0.566. The summed E-state index contributed by atoms with van der Waals surface area (Å²) < 4.78 is 0. The molecule has 0 radical (unpaired) electrons. The van der Waals surface area contributed by atoms with E-state index in [1.165, 1.54) is 25.7 Å². The highest BCUT2D eigenvalue weighted by Gasteiger charge is 2.24. The first kappa shape index (κ1) is 14.7. The lowest BCUT2D eigenvalue weighted by Gasteiger charge is -2.36. The molecule has 2 fully saturated rings. The molecule has 0 aliphatic carbocycles. The fourth-order valence-corrected chi connectivity index (χ4v) is 2.35. The van der Waals surface area contributed by atoms with Gasteiger partial charge < -0.3 is 10.2 Å². The standard InChI is InChI=1S/C12H23N3O.ClH/c1-14(11-8-13-9-11)10-12(16)15-6-4-2-3-5-7-15;/h11,13H,2-10H2,1H3;1H. The summed E-state index contributed by atoms with van der Waals surface area (Å²) in [7, 11) is 2.06. The van der Waals surface area contributed by atoms with Gasteiger partial charge in [0.15, 0.2) is 0 Å². The molecule has 2 rings (SSSR count). The SMILES string of the molecule is CN(CC(=O)N1CCCCCC1)C1CNC1.Cl. The lowest BCUT2D eigenvalue weighted by Crippen LogP contribution is -2.57. The average molecular weight is 262 g/mol. The number of hydrogen-bond acceptors (Lipinski definition) is 3. The first-order valence-electron chi connectivity index (χ1n) is 6.46. The van der Waals surface area contributed by atoms with Gasteiger partial charge in [-0.2, -0.15) is 0 Å². The summed E-state index contributed by atoms with van der Waals surface area (Å²) >= 11 is 0. The van der Waals surface area contributed by atoms with Gasteiger partial charge >= 0.3 is 0 Å². The van der Waals surface area contributed by atoms with Crippen LogP contribution in [0.4, 0.5) is 0 Å². The van der Waals surface area contributed by atoms with Crippen molar-refractivity contribution in [1.82, 2.24) is 15.1 Å². The van der Waals surface area contributed by atoms with E-state index >= 15 is 0 Å². The maximum atomic E-state index is 12.1. The predicted molar refractivity (Wildman–Crippen MR) is 71.6 cm³/mol. The number of halogens is 1. The zero-order valence-corrected chi connectivity index (χ0v) is 11.5. The summed E-state index contributed by atoms with van der Waals surface area (Å²) in [5.74, 6) is 0.316. The van der Waals surface area contributed by atoms with Gasteiger partial charge in [-0.3, -0.25) is 9.69 Å². The summed E-state index contributed by atoms with van der Waals surface area (Å²) in [6.07, 6.45) is 4.93. The summed E-state index contributed by atoms with van der Waals surface area (Å²) in [4.78, 5) is 16.3. The molecule has 4 nitrogen and oxygen atoms in total. The van der Waals surface area contributed by atoms with E-state index in [2.05, 4.69) is 22.2 Å². The van der Waals surface area contributed by atoms with Crippen molar-refractivity contribution in [3.63, 3.8) is 0 Å². The molecule has 2 aliphatic heterocycles. The van der Waals surface area contributed by atoms with Gasteiger partial charge in [-0.05, 0) is 19.9 Å². The molecule has 1 N–H and O–H groups in total. The molecule has 0 bridgehead atoms. The van der Waals surface area contributed by atoms with Gasteiger partial charge in [-0.1, -0.05) is 12.8 Å². The summed E-state index contributed by atoms with van der Waals surface area (Å²) in [5, 5.41) is 3.24. The number of carbonyl (C=O) groups is 1. The molecule has 2 heterocycles. The third-order valence-electron chi connectivity index (χ3n) is 3.73. The number of carbonyl (C=O) groups excluding carboxylic acids is 1. The molecular formula is C12H24ClN3O. The Labute approximate surface area is 110 Å². The quantitative estimate of drug-likeness (QED) is 0.813. The van der Waals surface area contributed by atoms with Crippen molar-refractivity contribution >= 4 is 18.3 Å². The van der Waals surface area contributed by atoms with Gasteiger partial charge in [-0.25, -0.2) is 0 Å². The van der Waals surface area contributed by atoms with Crippen LogP contribution >= 0.6 is 12.4 Å². The maximum Gasteiger partial charge on any atom is 0.236 e. The Morgan fingerprint density at radius 1 is 1.24 bits per heavy atom. The number of nitrogens with one attached hydrogen (secondary N) is 1. The molecule has 0 unspecified atom stereocenters. The fraction of sp³-hybridized carbons (Fsp3) is 0.917. The second-order valence-corrected chi connectivity index (χ2v) is 5.02. The van der Waals surface area contributed by atoms with Gasteiger partial charge in [0.1, 0.15) is 0 Å². The molecule has 0 aromatic heterocycles. The van der Waals surface area contributed by atoms with Crippen molar-refractivity contribution in [1.29, 1.82) is 0 Å². The van der Waals surface area contributed by atoms with Crippen molar-refractivity contribution < 1.29 is 4.79 Å². The highest BCUT2D eigenvalue weighted by Crippen LogP contribution is 2.10. The van der Waals surface area contributed by atoms with E-state index in [1.54, 1.807) is 0 Å². The van der Waals surface area contributed by atoms with Crippen molar-refractivity contribution in [2.24, 2.45) is 0 Å². The zero-order chi connectivity index (χ0) is 11.4. The third-order valence-corrected chi connectivity index (χ3v) is 3.73. The number of likely N-dealkylation sites (tertiary alicyclic amines) is 1. The van der Waals surface area contributed by atoms with Gasteiger partial charge in [0, 0.05) is 32.2 Å². The lowest BCUT2D eigenvalue weighted by molar-refractivity contribution is -0.132. The first-order valence-corrected chi connectivity index (χ1v) is 6.46. The molecule has 0 spiro atoms. The normalized spacial score (nSPS) is 21.6. The van der Waals surface area contributed by atoms with E-state index in [4.69, 9.17) is 0 Å². The Balaban J connectivity index is 0.00000144. The minimum absolute atomic E-state index is 0. The molecular weight excluding hydrogens is 238 g/mol. The molecule has 2 saturated heterocycles. The predicted octanol–water partition coefficient (Wildman–Crippen LogP) is 0.714. The van der Waals surface area contributed by atoms with Gasteiger partial charge in [0.2, 0.25) is 5.91 Å². The molecule has 5 heteroatoms. The maximum absolute atomic E-state index is 12.1. The zero-order valence-electron chi connectivity index (χ0n) is 10.7. The van der Waals surface area contributed by atoms with Crippen LogP contribution in [0.3, 0.4) is 0 Å². The van der Waals surface area contributed by atoms with Crippen LogP contribution in [-0.2, 0) is 4.79 Å². The Morgan fingerprint density at radius 3 is 2.29 bits per heavy atom. The second-order valence-electron chi connectivity index (χ2n) is 5.02. The van der Waals surface area contributed by atoms with Gasteiger partial charge in [0.25, 0.3) is 0 Å². The summed E-state index contributed by atoms with van der Waals surface area (Å²) in [5.41, 5.74) is 0. The van der Waals surface area contributed by atoms with Crippen molar-refractivity contribution in [2.75, 3.05) is 39.8 Å². The molecule has 0 saturated carbocycles. The van der Waals surface area contributed by atoms with Crippen LogP contribution in [0, 0.1) is 0 Å². The Kier molecular flexibility index (Phi) is 6.23. The first-order chi connectivity index (χ1) is 7.77. The second kappa shape index (κ2) is 7.19. The van der Waals surface area contributed by atoms with Gasteiger partial charge in [-0.15, -0.1) is 12.4 Å². The molecule has 0 atom stereocenters. The number of rotatable bonds is 3. The van der Waals surface area contributed by atoms with Crippen LogP contribution in [0.5, 0.6) is 0 Å². The lowest BCUT2D eigenvalue weighted by atomic mass is 10.1. The minimum atomic E-state index is 0. The molecule has 2 aliphatic rings. The molecule has 17 heavy (non-hydrogen) atoms. The fourth-order valence-electron chi connectivity index (χ4n) is 2.35. The van der Waals surface area contributed by atoms with E-state index in [0.717, 1.165) is 26.2 Å². The van der Waals surface area contributed by atoms with Crippen LogP contribution in [-0.4, -0.2) is 61.5 Å². The molecule has 0 aromatic rings. The number of hydrogen-bond donors (Lipinski definition) is 1. The van der Waals surface area contributed by atoms with Crippen LogP contribution in [0.15, 0.2) is 0 Å². The van der Waals surface area contributed by atoms with Crippen molar-refractivity contribution in [2.45, 2.75) is 31.7 Å². The third kappa shape index (κ3) is 4.12. The number of nitrogens with zero attached hydrogens (tertiary/aromatic N) is 2. The number of likely N-dealkylation sites (N-methyl/N-ethyl adjacent to an activating group) is 1. The summed E-state index contributed by atoms with van der Waals surface area (Å²) in [6.45, 7) is 4.59. The van der Waals surface area contributed by atoms with Crippen molar-refractivity contribution in [3.05, 3.63) is 0 Å². The van der Waals surface area contributed by atoms with Crippen LogP contribution in [0.1, 0.15) is 25.7 Å². The van der Waals surface area contributed by atoms with Crippen molar-refractivity contribution in [3.8, 4) is 0 Å². The van der Waals surface area contributed by atoms with Crippen LogP contribution in [0.2, 0.25) is 0 Å². The van der Waals surface area contributed by atoms with Crippen LogP contribution in [0.25, 0.3) is 0 Å². The van der Waals surface area contributed by atoms with E-state index in [-0.39, 0.29) is 12.4 Å². The van der Waals surface area contributed by atoms with Gasteiger partial charge in [0.05, 0.1) is 6.54 Å². The van der Waals surface area contributed by atoms with E-state index in [0.29, 0.717) is 18.5 Å². The largest absolute Gasteiger partial charge is 0.342 e. The van der Waals surface area contributed by atoms with E-state index in [9.17, 15) is 4.79 Å². The highest BCUT2D eigenvalue weighted by molar-refractivity contribution is 5.85. The minimum Gasteiger partial charge on any atom is -0.342 e. The Bertz CT molecular complexity index is 238. The smallest absolute Gasteiger partial charge is 0.236 e. The topological polar surface area (TPSA) is 35.6 Å². The average Bonchev–Trinajstić information content (AvgIpc) is 2.42. The monoisotopic (exact) mass is 261 g/mol. The molecule has 1 amide bonds. The van der Waals surface area contributed by atoms with Crippen LogP contribution < -0.4 is 5.32 Å². The van der Waals surface area contributed by atoms with E-state index < -0.39 is 0 Å². The Morgan fingerprint density at radius 2 is 1.82 bits per heavy atom. The molecule has 100 valence electrons. The number of amides is 1. The molecule has 0 aromatic carbocycles. The highest BCUT2D eigenvalue weighted by atomic mass is 35.5. The van der Waals surface area contributed by atoms with E-state index in [1.807, 2.05) is 0 Å². The Hall–Kier alpha value is -0.320.